The van der Waals surface area contributed by atoms with E-state index in [1.165, 1.54) is 23.1 Å². The van der Waals surface area contributed by atoms with Crippen LogP contribution in [0.4, 0.5) is 0 Å². The number of allylic oxidation sites excluding steroid dienone is 3. The molecule has 0 aromatic heterocycles. The Hall–Kier alpha value is -3.13. The molecule has 0 bridgehead atoms. The van der Waals surface area contributed by atoms with E-state index in [1.807, 2.05) is 73.5 Å². The molecule has 0 spiro atoms. The van der Waals surface area contributed by atoms with Gasteiger partial charge in [-0.2, -0.15) is 0 Å². The smallest absolute Gasteiger partial charge is 0.126 e. The standard InChI is InChI=1S/C13H16.C12H14O.C3H8.2C2H6.CH2O/c1-4-5-6-9-13-10-7-8-11(2)12(13)3;1-5-10-8(3)7-9(4)12(13)11(10)6-2;1-3-2;3*1-2/h4-10H,1-3H3;5-7,13H,1-2H2,3-4H3;3H2,1-2H3;2*1-2H3;1H2/b5-4+,9-6-;;;;;. The minimum Gasteiger partial charge on any atom is -0.507 e. The van der Waals surface area contributed by atoms with Crippen LogP contribution in [0.2, 0.25) is 0 Å². The zero-order chi connectivity index (χ0) is 28.4. The third-order valence-electron chi connectivity index (χ3n) is 4.41. The predicted octanol–water partition coefficient (Wildman–Crippen LogP) is 10.5. The Kier molecular flexibility index (Phi) is 30.3. The summed E-state index contributed by atoms with van der Waals surface area (Å²) in [6.45, 7) is 31.8. The topological polar surface area (TPSA) is 37.3 Å². The molecule has 0 fully saturated rings. The van der Waals surface area contributed by atoms with Gasteiger partial charge in [-0.1, -0.05) is 122 Å². The summed E-state index contributed by atoms with van der Waals surface area (Å²) >= 11 is 0. The summed E-state index contributed by atoms with van der Waals surface area (Å²) in [5.41, 5.74) is 7.73. The van der Waals surface area contributed by atoms with E-state index in [1.54, 1.807) is 12.2 Å². The normalized spacial score (nSPS) is 8.89. The first kappa shape index (κ1) is 39.1. The Morgan fingerprint density at radius 2 is 1.29 bits per heavy atom. The first-order valence-electron chi connectivity index (χ1n) is 12.5. The summed E-state index contributed by atoms with van der Waals surface area (Å²) in [6.07, 6.45) is 12.9. The Morgan fingerprint density at radius 1 is 0.800 bits per heavy atom. The third-order valence-corrected chi connectivity index (χ3v) is 4.41. The van der Waals surface area contributed by atoms with Gasteiger partial charge in [0, 0.05) is 5.56 Å². The van der Waals surface area contributed by atoms with Crippen molar-refractivity contribution in [3.63, 3.8) is 0 Å². The minimum atomic E-state index is 0.301. The van der Waals surface area contributed by atoms with Crippen molar-refractivity contribution in [2.24, 2.45) is 0 Å². The maximum atomic E-state index is 9.71. The first-order valence-corrected chi connectivity index (χ1v) is 12.5. The molecule has 2 rings (SSSR count). The van der Waals surface area contributed by atoms with Gasteiger partial charge in [-0.15, -0.1) is 0 Å². The molecule has 0 saturated heterocycles. The molecule has 2 aromatic carbocycles. The first-order chi connectivity index (χ1) is 16.8. The fourth-order valence-electron chi connectivity index (χ4n) is 2.73. The van der Waals surface area contributed by atoms with Gasteiger partial charge in [0.05, 0.1) is 0 Å². The van der Waals surface area contributed by atoms with Crippen LogP contribution in [-0.4, -0.2) is 11.9 Å². The van der Waals surface area contributed by atoms with Crippen molar-refractivity contribution in [3.05, 3.63) is 94.6 Å². The van der Waals surface area contributed by atoms with Gasteiger partial charge in [-0.25, -0.2) is 0 Å². The van der Waals surface area contributed by atoms with Gasteiger partial charge in [-0.05, 0) is 68.0 Å². The van der Waals surface area contributed by atoms with E-state index in [4.69, 9.17) is 4.79 Å². The van der Waals surface area contributed by atoms with Gasteiger partial charge in [0.15, 0.2) is 0 Å². The van der Waals surface area contributed by atoms with E-state index in [2.05, 4.69) is 71.2 Å². The number of phenolic OH excluding ortho intramolecular Hbond substituents is 1. The highest BCUT2D eigenvalue weighted by atomic mass is 16.3. The lowest BCUT2D eigenvalue weighted by molar-refractivity contribution is -0.0980. The second-order valence-electron chi connectivity index (χ2n) is 6.98. The van der Waals surface area contributed by atoms with Crippen LogP contribution in [0.5, 0.6) is 5.75 Å². The molecule has 0 aliphatic heterocycles. The molecule has 0 radical (unpaired) electrons. The summed E-state index contributed by atoms with van der Waals surface area (Å²) in [6, 6.07) is 8.32. The van der Waals surface area contributed by atoms with Gasteiger partial charge < -0.3 is 9.90 Å². The zero-order valence-corrected chi connectivity index (χ0v) is 24.5. The molecule has 1 N–H and O–H groups in total. The lowest BCUT2D eigenvalue weighted by atomic mass is 9.97. The second-order valence-corrected chi connectivity index (χ2v) is 6.98. The number of phenols is 1. The van der Waals surface area contributed by atoms with E-state index in [0.717, 1.165) is 22.3 Å². The zero-order valence-electron chi connectivity index (χ0n) is 24.5. The lowest BCUT2D eigenvalue weighted by Gasteiger charge is -2.10. The summed E-state index contributed by atoms with van der Waals surface area (Å²) in [7, 11) is 0. The molecular formula is C33H52O2. The second kappa shape index (κ2) is 27.1. The van der Waals surface area contributed by atoms with Gasteiger partial charge in [0.25, 0.3) is 0 Å². The predicted molar refractivity (Wildman–Crippen MR) is 163 cm³/mol. The van der Waals surface area contributed by atoms with Crippen molar-refractivity contribution in [1.29, 1.82) is 0 Å². The molecule has 0 aliphatic carbocycles. The van der Waals surface area contributed by atoms with E-state index in [9.17, 15) is 5.11 Å². The highest BCUT2D eigenvalue weighted by Gasteiger charge is 2.08. The number of carbonyl (C=O) groups excluding carboxylic acids is 1. The molecule has 196 valence electrons. The lowest BCUT2D eigenvalue weighted by Crippen LogP contribution is -1.89. The summed E-state index contributed by atoms with van der Waals surface area (Å²) in [5.74, 6) is 0.301. The maximum absolute atomic E-state index is 9.71. The Morgan fingerprint density at radius 3 is 1.71 bits per heavy atom. The van der Waals surface area contributed by atoms with Gasteiger partial charge in [0.2, 0.25) is 0 Å². The Labute approximate surface area is 217 Å². The van der Waals surface area contributed by atoms with Crippen LogP contribution in [0.15, 0.2) is 55.7 Å². The third kappa shape index (κ3) is 16.2. The minimum absolute atomic E-state index is 0.301. The van der Waals surface area contributed by atoms with Crippen LogP contribution in [-0.2, 0) is 4.79 Å². The summed E-state index contributed by atoms with van der Waals surface area (Å²) < 4.78 is 0. The SMILES string of the molecule is C/C=C/C=C\c1cccc(C)c1C.C=Cc1c(C)cc(C)c(O)c1C=C.C=O.CC.CC.CCC. The monoisotopic (exact) mass is 480 g/mol. The largest absolute Gasteiger partial charge is 0.507 e. The molecular weight excluding hydrogens is 428 g/mol. The molecule has 0 atom stereocenters. The number of benzene rings is 2. The molecule has 0 aliphatic rings. The molecule has 0 saturated carbocycles. The number of hydrogen-bond donors (Lipinski definition) is 1. The summed E-state index contributed by atoms with van der Waals surface area (Å²) in [4.78, 5) is 8.00. The average Bonchev–Trinajstić information content (AvgIpc) is 2.88. The van der Waals surface area contributed by atoms with Crippen LogP contribution < -0.4 is 0 Å². The van der Waals surface area contributed by atoms with Crippen LogP contribution >= 0.6 is 0 Å². The van der Waals surface area contributed by atoms with Crippen LogP contribution in [0.25, 0.3) is 18.2 Å². The highest BCUT2D eigenvalue weighted by Crippen LogP contribution is 2.29. The molecule has 0 unspecified atom stereocenters. The van der Waals surface area contributed by atoms with Crippen molar-refractivity contribution in [2.45, 2.75) is 82.6 Å². The number of hydrogen-bond acceptors (Lipinski definition) is 2. The molecule has 2 aromatic rings. The molecule has 0 heterocycles. The Balaban J connectivity index is -0.000000207. The number of aryl methyl sites for hydroxylation is 3. The Bertz CT molecular complexity index is 871. The van der Waals surface area contributed by atoms with Gasteiger partial charge in [-0.3, -0.25) is 0 Å². The number of rotatable bonds is 4. The van der Waals surface area contributed by atoms with Crippen LogP contribution in [0.1, 0.15) is 93.8 Å². The van der Waals surface area contributed by atoms with E-state index >= 15 is 0 Å². The van der Waals surface area contributed by atoms with Gasteiger partial charge >= 0.3 is 0 Å². The number of aromatic hydroxyl groups is 1. The van der Waals surface area contributed by atoms with Crippen molar-refractivity contribution in [3.8, 4) is 5.75 Å². The molecule has 2 heteroatoms. The van der Waals surface area contributed by atoms with E-state index in [-0.39, 0.29) is 0 Å². The molecule has 0 amide bonds. The van der Waals surface area contributed by atoms with E-state index in [0.29, 0.717) is 5.75 Å². The highest BCUT2D eigenvalue weighted by molar-refractivity contribution is 5.72. The summed E-state index contributed by atoms with van der Waals surface area (Å²) in [5, 5.41) is 9.71. The van der Waals surface area contributed by atoms with Gasteiger partial charge in [0.1, 0.15) is 12.5 Å². The fourth-order valence-corrected chi connectivity index (χ4v) is 2.73. The van der Waals surface area contributed by atoms with Crippen molar-refractivity contribution in [2.75, 3.05) is 0 Å². The fraction of sp³-hybridized carbons (Fsp3) is 0.364. The van der Waals surface area contributed by atoms with Crippen molar-refractivity contribution in [1.82, 2.24) is 0 Å². The van der Waals surface area contributed by atoms with Crippen molar-refractivity contribution >= 4 is 25.0 Å². The average molecular weight is 481 g/mol. The number of carbonyl (C=O) groups is 1. The van der Waals surface area contributed by atoms with Crippen LogP contribution in [0, 0.1) is 27.7 Å². The van der Waals surface area contributed by atoms with Crippen molar-refractivity contribution < 1.29 is 9.90 Å². The van der Waals surface area contributed by atoms with E-state index < -0.39 is 0 Å². The molecule has 2 nitrogen and oxygen atoms in total. The quantitative estimate of drug-likeness (QED) is 0.442. The van der Waals surface area contributed by atoms with Crippen LogP contribution in [0.3, 0.4) is 0 Å². The molecule has 35 heavy (non-hydrogen) atoms. The maximum Gasteiger partial charge on any atom is 0.126 e.